The van der Waals surface area contributed by atoms with Crippen molar-refractivity contribution in [1.82, 2.24) is 0 Å². The van der Waals surface area contributed by atoms with Crippen LogP contribution in [0.25, 0.3) is 23.3 Å². The Labute approximate surface area is 252 Å². The van der Waals surface area contributed by atoms with Crippen molar-refractivity contribution in [3.05, 3.63) is 161 Å². The summed E-state index contributed by atoms with van der Waals surface area (Å²) < 4.78 is 52.1. The molecule has 0 N–H and O–H groups in total. The standard InChI is InChI=1S/C40H35N/c1-39(2)35-18-12-11-17-33(35)37-38(39)34-26-23-29(27-36(34)40(37,3)4)20-19-28-21-24-32(25-22-28)41(30-13-7-5-8-14-30)31-15-9-6-10-16-31/h5-27H,1-4H3/b20-19+/i1D3,3D3. The minimum absolute atomic E-state index is 0.611. The van der Waals surface area contributed by atoms with Gasteiger partial charge in [-0.05, 0) is 80.9 Å². The van der Waals surface area contributed by atoms with Crippen molar-refractivity contribution >= 4 is 40.4 Å². The molecule has 0 aromatic heterocycles. The van der Waals surface area contributed by atoms with Gasteiger partial charge in [0.1, 0.15) is 0 Å². The van der Waals surface area contributed by atoms with E-state index >= 15 is 0 Å². The molecule has 2 unspecified atom stereocenters. The molecular weight excluding hydrogens is 494 g/mol. The lowest BCUT2D eigenvalue weighted by Gasteiger charge is -2.28. The normalized spacial score (nSPS) is 23.5. The van der Waals surface area contributed by atoms with Crippen LogP contribution >= 0.6 is 0 Å². The summed E-state index contributed by atoms with van der Waals surface area (Å²) in [6, 6.07) is 42.0. The van der Waals surface area contributed by atoms with Crippen molar-refractivity contribution in [3.63, 3.8) is 0 Å². The maximum absolute atomic E-state index is 8.76. The molecule has 0 bridgehead atoms. The lowest BCUT2D eigenvalue weighted by atomic mass is 9.75. The maximum atomic E-state index is 8.76. The van der Waals surface area contributed by atoms with Gasteiger partial charge in [-0.15, -0.1) is 0 Å². The monoisotopic (exact) mass is 535 g/mol. The third kappa shape index (κ3) is 4.07. The first-order chi connectivity index (χ1) is 22.4. The first-order valence-electron chi connectivity index (χ1n) is 17.0. The molecule has 1 nitrogen and oxygen atoms in total. The highest BCUT2D eigenvalue weighted by molar-refractivity contribution is 6.09. The number of rotatable bonds is 5. The summed E-state index contributed by atoms with van der Waals surface area (Å²) in [5, 5.41) is 0. The van der Waals surface area contributed by atoms with Crippen LogP contribution in [0.4, 0.5) is 17.1 Å². The molecule has 1 heteroatoms. The molecule has 2 aliphatic rings. The predicted octanol–water partition coefficient (Wildman–Crippen LogP) is 10.8. The van der Waals surface area contributed by atoms with E-state index in [1.54, 1.807) is 13.8 Å². The van der Waals surface area contributed by atoms with Crippen molar-refractivity contribution in [3.8, 4) is 0 Å². The summed E-state index contributed by atoms with van der Waals surface area (Å²) in [5.74, 6) is 0. The largest absolute Gasteiger partial charge is 0.311 e. The van der Waals surface area contributed by atoms with Crippen molar-refractivity contribution < 1.29 is 8.22 Å². The van der Waals surface area contributed by atoms with Gasteiger partial charge < -0.3 is 4.90 Å². The van der Waals surface area contributed by atoms with Gasteiger partial charge in [0.05, 0.1) is 0 Å². The molecule has 7 rings (SSSR count). The van der Waals surface area contributed by atoms with Crippen molar-refractivity contribution in [1.29, 1.82) is 0 Å². The molecule has 0 saturated carbocycles. The SMILES string of the molecule is [2H]C([2H])([2H])C1(C)C2=C(c3ccccc31)C(C)(C([2H])([2H])[2H])c1cc(/C=C/c3ccc(N(c4ccccc4)c4ccccc4)cc3)ccc12. The Morgan fingerprint density at radius 3 is 1.63 bits per heavy atom. The summed E-state index contributed by atoms with van der Waals surface area (Å²) in [5.41, 5.74) is 6.26. The predicted molar refractivity (Wildman–Crippen MR) is 176 cm³/mol. The van der Waals surface area contributed by atoms with E-state index in [0.717, 1.165) is 28.2 Å². The van der Waals surface area contributed by atoms with Crippen LogP contribution in [0.3, 0.4) is 0 Å². The quantitative estimate of drug-likeness (QED) is 0.202. The number of allylic oxidation sites excluding steroid dienone is 2. The van der Waals surface area contributed by atoms with E-state index in [1.807, 2.05) is 91.0 Å². The molecule has 41 heavy (non-hydrogen) atoms. The van der Waals surface area contributed by atoms with E-state index in [0.29, 0.717) is 33.4 Å². The molecule has 5 aromatic rings. The van der Waals surface area contributed by atoms with Gasteiger partial charge in [-0.1, -0.05) is 131 Å². The summed E-state index contributed by atoms with van der Waals surface area (Å²) in [7, 11) is 0. The van der Waals surface area contributed by atoms with E-state index in [-0.39, 0.29) is 0 Å². The van der Waals surface area contributed by atoms with E-state index < -0.39 is 24.5 Å². The van der Waals surface area contributed by atoms with E-state index in [2.05, 4.69) is 53.4 Å². The number of para-hydroxylation sites is 2. The highest BCUT2D eigenvalue weighted by Crippen LogP contribution is 2.62. The Balaban J connectivity index is 1.26. The molecule has 2 aliphatic carbocycles. The Morgan fingerprint density at radius 2 is 1.00 bits per heavy atom. The second-order valence-corrected chi connectivity index (χ2v) is 11.3. The first-order valence-corrected chi connectivity index (χ1v) is 14.0. The second kappa shape index (κ2) is 9.49. The Morgan fingerprint density at radius 1 is 0.512 bits per heavy atom. The Bertz CT molecular complexity index is 1980. The molecule has 0 fully saturated rings. The van der Waals surface area contributed by atoms with Gasteiger partial charge in [-0.3, -0.25) is 0 Å². The van der Waals surface area contributed by atoms with Gasteiger partial charge in [-0.25, -0.2) is 0 Å². The molecule has 0 radical (unpaired) electrons. The van der Waals surface area contributed by atoms with Gasteiger partial charge >= 0.3 is 0 Å². The topological polar surface area (TPSA) is 3.24 Å². The van der Waals surface area contributed by atoms with Gasteiger partial charge in [0.2, 0.25) is 0 Å². The van der Waals surface area contributed by atoms with Gasteiger partial charge in [0, 0.05) is 36.1 Å². The molecule has 0 spiro atoms. The molecule has 0 amide bonds. The van der Waals surface area contributed by atoms with Crippen LogP contribution < -0.4 is 4.90 Å². The summed E-state index contributed by atoms with van der Waals surface area (Å²) in [6.07, 6.45) is 4.01. The zero-order valence-electron chi connectivity index (χ0n) is 29.2. The Kier molecular flexibility index (Phi) is 4.50. The zero-order valence-corrected chi connectivity index (χ0v) is 23.2. The molecule has 5 aromatic carbocycles. The fourth-order valence-electron chi connectivity index (χ4n) is 6.54. The molecule has 0 aliphatic heterocycles. The van der Waals surface area contributed by atoms with Crippen LogP contribution in [0, 0.1) is 0 Å². The molecule has 0 heterocycles. The second-order valence-electron chi connectivity index (χ2n) is 11.3. The van der Waals surface area contributed by atoms with E-state index in [9.17, 15) is 0 Å². The number of hydrogen-bond donors (Lipinski definition) is 0. The molecule has 2 atom stereocenters. The summed E-state index contributed by atoms with van der Waals surface area (Å²) >= 11 is 0. The average molecular weight is 536 g/mol. The minimum atomic E-state index is -2.41. The number of nitrogens with zero attached hydrogens (tertiary/aromatic N) is 1. The maximum Gasteiger partial charge on any atom is 0.0462 e. The fraction of sp³-hybridized carbons (Fsp3) is 0.150. The number of anilines is 3. The fourth-order valence-corrected chi connectivity index (χ4v) is 6.54. The number of hydrogen-bond acceptors (Lipinski definition) is 1. The first kappa shape index (κ1) is 19.5. The van der Waals surface area contributed by atoms with Crippen molar-refractivity contribution in [2.75, 3.05) is 4.90 Å². The molecular formula is C40H35N. The lowest BCUT2D eigenvalue weighted by molar-refractivity contribution is 0.694. The van der Waals surface area contributed by atoms with Crippen LogP contribution in [-0.2, 0) is 10.8 Å². The number of benzene rings is 5. The summed E-state index contributed by atoms with van der Waals surface area (Å²) in [4.78, 5) is 2.21. The highest BCUT2D eigenvalue weighted by Gasteiger charge is 2.49. The zero-order chi connectivity index (χ0) is 33.2. The Hall–Kier alpha value is -4.62. The van der Waals surface area contributed by atoms with Crippen LogP contribution in [0.5, 0.6) is 0 Å². The third-order valence-corrected chi connectivity index (χ3v) is 8.49. The van der Waals surface area contributed by atoms with Gasteiger partial charge in [-0.2, -0.15) is 0 Å². The highest BCUT2D eigenvalue weighted by atomic mass is 15.1. The smallest absolute Gasteiger partial charge is 0.0462 e. The molecule has 200 valence electrons. The van der Waals surface area contributed by atoms with Crippen molar-refractivity contribution in [2.45, 2.75) is 38.4 Å². The summed E-state index contributed by atoms with van der Waals surface area (Å²) in [6.45, 7) is -1.29. The van der Waals surface area contributed by atoms with Crippen LogP contribution in [0.1, 0.15) is 69.2 Å². The van der Waals surface area contributed by atoms with E-state index in [1.165, 1.54) is 0 Å². The average Bonchev–Trinajstić information content (AvgIpc) is 3.50. The lowest BCUT2D eigenvalue weighted by Crippen LogP contribution is -2.19. The minimum Gasteiger partial charge on any atom is -0.311 e. The third-order valence-electron chi connectivity index (χ3n) is 8.49. The molecule has 0 saturated heterocycles. The van der Waals surface area contributed by atoms with Crippen molar-refractivity contribution in [2.24, 2.45) is 0 Å². The van der Waals surface area contributed by atoms with E-state index in [4.69, 9.17) is 8.22 Å². The van der Waals surface area contributed by atoms with Crippen LogP contribution in [0.15, 0.2) is 127 Å². The van der Waals surface area contributed by atoms with Crippen LogP contribution in [0.2, 0.25) is 0 Å². The van der Waals surface area contributed by atoms with Crippen LogP contribution in [-0.4, -0.2) is 0 Å². The number of fused-ring (bicyclic) bond motifs is 4. The van der Waals surface area contributed by atoms with Gasteiger partial charge in [0.15, 0.2) is 0 Å². The van der Waals surface area contributed by atoms with Gasteiger partial charge in [0.25, 0.3) is 0 Å².